The molecule has 1 unspecified atom stereocenters. The Labute approximate surface area is 56.0 Å². The number of rotatable bonds is 1. The lowest BCUT2D eigenvalue weighted by Crippen LogP contribution is -2.47. The summed E-state index contributed by atoms with van der Waals surface area (Å²) in [7, 11) is 0. The summed E-state index contributed by atoms with van der Waals surface area (Å²) < 4.78 is 0. The van der Waals surface area contributed by atoms with E-state index < -0.39 is 0 Å². The fourth-order valence-electron chi connectivity index (χ4n) is 1.000. The van der Waals surface area contributed by atoms with Crippen molar-refractivity contribution < 1.29 is 0 Å². The van der Waals surface area contributed by atoms with Crippen molar-refractivity contribution in [3.05, 3.63) is 0 Å². The Hall–Kier alpha value is -0.520. The molecular weight excluding hydrogens is 112 g/mol. The van der Waals surface area contributed by atoms with Gasteiger partial charge in [-0.3, -0.25) is 0 Å². The van der Waals surface area contributed by atoms with Crippen molar-refractivity contribution >= 4 is 0 Å². The summed E-state index contributed by atoms with van der Waals surface area (Å²) in [6, 6.07) is 0.503. The molecule has 1 aliphatic heterocycles. The van der Waals surface area contributed by atoms with Crippen LogP contribution < -0.4 is 10.6 Å². The van der Waals surface area contributed by atoms with Gasteiger partial charge in [0.1, 0.15) is 0 Å². The van der Waals surface area contributed by atoms with Gasteiger partial charge >= 0.3 is 0 Å². The molecule has 1 heterocycles. The van der Waals surface area contributed by atoms with E-state index in [4.69, 9.17) is 6.42 Å². The van der Waals surface area contributed by atoms with Gasteiger partial charge in [0.25, 0.3) is 0 Å². The third kappa shape index (κ3) is 2.05. The molecule has 2 N–H and O–H groups in total. The average molecular weight is 124 g/mol. The maximum atomic E-state index is 5.14. The molecule has 0 saturated carbocycles. The van der Waals surface area contributed by atoms with E-state index in [0.29, 0.717) is 6.04 Å². The van der Waals surface area contributed by atoms with Crippen LogP contribution in [0, 0.1) is 12.3 Å². The number of nitrogens with one attached hydrogen (secondary N) is 2. The number of hydrogen-bond acceptors (Lipinski definition) is 2. The molecule has 0 aromatic rings. The predicted octanol–water partition coefficient (Wildman–Crippen LogP) is -0.429. The van der Waals surface area contributed by atoms with Gasteiger partial charge in [0, 0.05) is 32.1 Å². The first-order chi connectivity index (χ1) is 4.43. The number of hydrogen-bond donors (Lipinski definition) is 2. The number of piperazine rings is 1. The van der Waals surface area contributed by atoms with Crippen LogP contribution in [0.15, 0.2) is 0 Å². The molecule has 1 atom stereocenters. The summed E-state index contributed by atoms with van der Waals surface area (Å²) in [4.78, 5) is 0. The van der Waals surface area contributed by atoms with Crippen LogP contribution in [-0.2, 0) is 0 Å². The molecule has 1 rings (SSSR count). The molecule has 0 amide bonds. The molecule has 0 aliphatic carbocycles. The normalized spacial score (nSPS) is 27.2. The summed E-state index contributed by atoms with van der Waals surface area (Å²) in [5.74, 6) is 2.63. The van der Waals surface area contributed by atoms with Crippen LogP contribution in [0.3, 0.4) is 0 Å². The van der Waals surface area contributed by atoms with Gasteiger partial charge in [-0.05, 0) is 0 Å². The monoisotopic (exact) mass is 124 g/mol. The van der Waals surface area contributed by atoms with E-state index >= 15 is 0 Å². The van der Waals surface area contributed by atoms with E-state index in [1.54, 1.807) is 0 Å². The standard InChI is InChI=1S/C7H12N2/c1-2-3-7-6-8-4-5-9-7/h1,7-9H,3-6H2. The van der Waals surface area contributed by atoms with Gasteiger partial charge in [-0.1, -0.05) is 0 Å². The van der Waals surface area contributed by atoms with Crippen molar-refractivity contribution in [3.8, 4) is 12.3 Å². The first-order valence-electron chi connectivity index (χ1n) is 3.31. The van der Waals surface area contributed by atoms with Gasteiger partial charge in [0.05, 0.1) is 0 Å². The molecule has 0 aromatic carbocycles. The van der Waals surface area contributed by atoms with Crippen LogP contribution in [0.25, 0.3) is 0 Å². The summed E-state index contributed by atoms with van der Waals surface area (Å²) in [6.07, 6.45) is 5.98. The Morgan fingerprint density at radius 1 is 1.56 bits per heavy atom. The minimum absolute atomic E-state index is 0.503. The molecule has 1 aliphatic rings. The van der Waals surface area contributed by atoms with Crippen LogP contribution in [0.2, 0.25) is 0 Å². The largest absolute Gasteiger partial charge is 0.314 e. The molecule has 0 aromatic heterocycles. The zero-order valence-electron chi connectivity index (χ0n) is 5.48. The van der Waals surface area contributed by atoms with Crippen molar-refractivity contribution in [1.29, 1.82) is 0 Å². The first-order valence-corrected chi connectivity index (χ1v) is 3.31. The van der Waals surface area contributed by atoms with Crippen molar-refractivity contribution in [1.82, 2.24) is 10.6 Å². The summed E-state index contributed by atoms with van der Waals surface area (Å²) in [5, 5.41) is 6.58. The Morgan fingerprint density at radius 2 is 2.44 bits per heavy atom. The van der Waals surface area contributed by atoms with Gasteiger partial charge in [0.15, 0.2) is 0 Å². The highest BCUT2D eigenvalue weighted by molar-refractivity contribution is 4.91. The Kier molecular flexibility index (Phi) is 2.56. The summed E-state index contributed by atoms with van der Waals surface area (Å²) in [6.45, 7) is 3.14. The van der Waals surface area contributed by atoms with Crippen molar-refractivity contribution in [2.45, 2.75) is 12.5 Å². The molecule has 0 bridgehead atoms. The first kappa shape index (κ1) is 6.60. The van der Waals surface area contributed by atoms with Crippen LogP contribution in [0.5, 0.6) is 0 Å². The zero-order valence-corrected chi connectivity index (χ0v) is 5.48. The van der Waals surface area contributed by atoms with Crippen molar-refractivity contribution in [3.63, 3.8) is 0 Å². The molecular formula is C7H12N2. The molecule has 0 spiro atoms. The van der Waals surface area contributed by atoms with Gasteiger partial charge in [-0.15, -0.1) is 12.3 Å². The molecule has 0 radical (unpaired) electrons. The third-order valence-corrected chi connectivity index (χ3v) is 1.49. The highest BCUT2D eigenvalue weighted by atomic mass is 15.0. The summed E-state index contributed by atoms with van der Waals surface area (Å²) in [5.41, 5.74) is 0. The van der Waals surface area contributed by atoms with Crippen molar-refractivity contribution in [2.75, 3.05) is 19.6 Å². The molecule has 1 fully saturated rings. The second-order valence-corrected chi connectivity index (χ2v) is 2.26. The maximum absolute atomic E-state index is 5.14. The Morgan fingerprint density at radius 3 is 3.00 bits per heavy atom. The highest BCUT2D eigenvalue weighted by Crippen LogP contribution is 1.90. The molecule has 50 valence electrons. The van der Waals surface area contributed by atoms with Gasteiger partial charge in [-0.25, -0.2) is 0 Å². The second-order valence-electron chi connectivity index (χ2n) is 2.26. The fourth-order valence-corrected chi connectivity index (χ4v) is 1.000. The zero-order chi connectivity index (χ0) is 6.53. The van der Waals surface area contributed by atoms with Gasteiger partial charge < -0.3 is 10.6 Å². The van der Waals surface area contributed by atoms with E-state index in [0.717, 1.165) is 26.1 Å². The van der Waals surface area contributed by atoms with Crippen LogP contribution in [-0.4, -0.2) is 25.7 Å². The van der Waals surface area contributed by atoms with E-state index in [1.165, 1.54) is 0 Å². The van der Waals surface area contributed by atoms with E-state index in [2.05, 4.69) is 16.6 Å². The summed E-state index contributed by atoms with van der Waals surface area (Å²) >= 11 is 0. The van der Waals surface area contributed by atoms with Crippen LogP contribution in [0.4, 0.5) is 0 Å². The van der Waals surface area contributed by atoms with Gasteiger partial charge in [0.2, 0.25) is 0 Å². The second kappa shape index (κ2) is 3.49. The van der Waals surface area contributed by atoms with E-state index in [-0.39, 0.29) is 0 Å². The van der Waals surface area contributed by atoms with E-state index in [9.17, 15) is 0 Å². The molecule has 1 saturated heterocycles. The predicted molar refractivity (Wildman–Crippen MR) is 38.1 cm³/mol. The highest BCUT2D eigenvalue weighted by Gasteiger charge is 2.08. The van der Waals surface area contributed by atoms with Gasteiger partial charge in [-0.2, -0.15) is 0 Å². The van der Waals surface area contributed by atoms with E-state index in [1.807, 2.05) is 0 Å². The average Bonchev–Trinajstić information content (AvgIpc) is 1.91. The number of terminal acetylenes is 1. The Bertz CT molecular complexity index is 109. The van der Waals surface area contributed by atoms with Crippen LogP contribution >= 0.6 is 0 Å². The Balaban J connectivity index is 2.17. The molecule has 2 heteroatoms. The lowest BCUT2D eigenvalue weighted by atomic mass is 10.2. The maximum Gasteiger partial charge on any atom is 0.0302 e. The smallest absolute Gasteiger partial charge is 0.0302 e. The fraction of sp³-hybridized carbons (Fsp3) is 0.714. The topological polar surface area (TPSA) is 24.1 Å². The SMILES string of the molecule is C#CCC1CNCCN1. The molecule has 2 nitrogen and oxygen atoms in total. The lowest BCUT2D eigenvalue weighted by molar-refractivity contribution is 0.424. The minimum Gasteiger partial charge on any atom is -0.314 e. The lowest BCUT2D eigenvalue weighted by Gasteiger charge is -2.22. The van der Waals surface area contributed by atoms with Crippen LogP contribution in [0.1, 0.15) is 6.42 Å². The van der Waals surface area contributed by atoms with Crippen molar-refractivity contribution in [2.24, 2.45) is 0 Å². The minimum atomic E-state index is 0.503. The molecule has 9 heavy (non-hydrogen) atoms. The third-order valence-electron chi connectivity index (χ3n) is 1.49. The quantitative estimate of drug-likeness (QED) is 0.464.